The molecular weight excluding hydrogens is 486 g/mol. The summed E-state index contributed by atoms with van der Waals surface area (Å²) in [5, 5.41) is 9.27. The van der Waals surface area contributed by atoms with Gasteiger partial charge in [0.05, 0.1) is 20.3 Å². The third kappa shape index (κ3) is 6.62. The van der Waals surface area contributed by atoms with E-state index in [0.29, 0.717) is 30.9 Å². The van der Waals surface area contributed by atoms with Crippen LogP contribution >= 0.6 is 0 Å². The van der Waals surface area contributed by atoms with E-state index in [9.17, 15) is 22.7 Å². The SMILES string of the molecule is COc1cc(CO)ccc1OCCCN1CCC(C(c2ccc(F)cc2F)c2ccc(F)cc2F)CC1. The van der Waals surface area contributed by atoms with Crippen molar-refractivity contribution in [2.45, 2.75) is 31.8 Å². The number of likely N-dealkylation sites (tertiary alicyclic amines) is 1. The third-order valence-electron chi connectivity index (χ3n) is 6.99. The van der Waals surface area contributed by atoms with Gasteiger partial charge in [0, 0.05) is 24.6 Å². The Hall–Kier alpha value is -3.10. The Kier molecular flexibility index (Phi) is 9.05. The number of nitrogens with zero attached hydrogens (tertiary/aromatic N) is 1. The lowest BCUT2D eigenvalue weighted by atomic mass is 9.75. The van der Waals surface area contributed by atoms with Gasteiger partial charge >= 0.3 is 0 Å². The first-order chi connectivity index (χ1) is 17.9. The van der Waals surface area contributed by atoms with Gasteiger partial charge in [0.15, 0.2) is 11.5 Å². The van der Waals surface area contributed by atoms with E-state index in [1.807, 2.05) is 0 Å². The summed E-state index contributed by atoms with van der Waals surface area (Å²) in [6.07, 6.45) is 2.16. The summed E-state index contributed by atoms with van der Waals surface area (Å²) in [6, 6.07) is 12.0. The standard InChI is InChI=1S/C29H31F4NO3/c1-36-28-15-19(18-35)3-8-27(28)37-14-2-11-34-12-9-20(10-13-34)29(23-6-4-21(30)16-25(23)32)24-7-5-22(31)17-26(24)33/h3-8,15-17,20,29,35H,2,9-14,18H2,1H3. The number of halogens is 4. The molecule has 0 unspecified atom stereocenters. The molecule has 1 N–H and O–H groups in total. The predicted octanol–water partition coefficient (Wildman–Crippen LogP) is 6.06. The fourth-order valence-electron chi connectivity index (χ4n) is 5.09. The molecule has 0 aliphatic carbocycles. The monoisotopic (exact) mass is 517 g/mol. The summed E-state index contributed by atoms with van der Waals surface area (Å²) in [7, 11) is 1.55. The van der Waals surface area contributed by atoms with Gasteiger partial charge in [-0.2, -0.15) is 0 Å². The Bertz CT molecular complexity index is 1150. The van der Waals surface area contributed by atoms with E-state index >= 15 is 0 Å². The van der Waals surface area contributed by atoms with Gasteiger partial charge < -0.3 is 19.5 Å². The van der Waals surface area contributed by atoms with Crippen LogP contribution in [0.25, 0.3) is 0 Å². The van der Waals surface area contributed by atoms with Crippen molar-refractivity contribution >= 4 is 0 Å². The van der Waals surface area contributed by atoms with Crippen LogP contribution < -0.4 is 9.47 Å². The Morgan fingerprint density at radius 3 is 2.03 bits per heavy atom. The van der Waals surface area contributed by atoms with E-state index in [0.717, 1.165) is 43.8 Å². The van der Waals surface area contributed by atoms with E-state index in [-0.39, 0.29) is 23.7 Å². The molecule has 8 heteroatoms. The number of aliphatic hydroxyl groups is 1. The first kappa shape index (κ1) is 26.9. The predicted molar refractivity (Wildman–Crippen MR) is 133 cm³/mol. The molecule has 1 saturated heterocycles. The fourth-order valence-corrected chi connectivity index (χ4v) is 5.09. The maximum absolute atomic E-state index is 14.8. The third-order valence-corrected chi connectivity index (χ3v) is 6.99. The molecule has 4 rings (SSSR count). The normalized spacial score (nSPS) is 14.8. The molecule has 3 aromatic rings. The zero-order valence-corrected chi connectivity index (χ0v) is 20.7. The fraction of sp³-hybridized carbons (Fsp3) is 0.379. The first-order valence-corrected chi connectivity index (χ1v) is 12.4. The minimum Gasteiger partial charge on any atom is -0.493 e. The number of hydrogen-bond donors (Lipinski definition) is 1. The smallest absolute Gasteiger partial charge is 0.161 e. The highest BCUT2D eigenvalue weighted by Crippen LogP contribution is 2.40. The second kappa shape index (κ2) is 12.4. The molecule has 0 saturated carbocycles. The summed E-state index contributed by atoms with van der Waals surface area (Å²) < 4.78 is 67.9. The number of methoxy groups -OCH3 is 1. The maximum atomic E-state index is 14.8. The Labute approximate surface area is 214 Å². The average Bonchev–Trinajstić information content (AvgIpc) is 2.89. The number of benzene rings is 3. The lowest BCUT2D eigenvalue weighted by Crippen LogP contribution is -2.37. The van der Waals surface area contributed by atoms with E-state index in [4.69, 9.17) is 9.47 Å². The largest absolute Gasteiger partial charge is 0.493 e. The summed E-state index contributed by atoms with van der Waals surface area (Å²) in [5.41, 5.74) is 1.19. The number of ether oxygens (including phenoxy) is 2. The number of aliphatic hydroxyl groups excluding tert-OH is 1. The molecule has 0 radical (unpaired) electrons. The van der Waals surface area contributed by atoms with E-state index in [1.165, 1.54) is 24.3 Å². The Balaban J connectivity index is 1.37. The van der Waals surface area contributed by atoms with Crippen LogP contribution in [0.1, 0.15) is 41.9 Å². The Morgan fingerprint density at radius 2 is 1.49 bits per heavy atom. The van der Waals surface area contributed by atoms with Crippen molar-refractivity contribution in [3.8, 4) is 11.5 Å². The van der Waals surface area contributed by atoms with Gasteiger partial charge in [0.25, 0.3) is 0 Å². The zero-order valence-electron chi connectivity index (χ0n) is 20.7. The quantitative estimate of drug-likeness (QED) is 0.262. The van der Waals surface area contributed by atoms with Gasteiger partial charge in [-0.3, -0.25) is 0 Å². The summed E-state index contributed by atoms with van der Waals surface area (Å²) in [4.78, 5) is 2.28. The lowest BCUT2D eigenvalue weighted by molar-refractivity contribution is 0.161. The van der Waals surface area contributed by atoms with Crippen LogP contribution in [0.5, 0.6) is 11.5 Å². The van der Waals surface area contributed by atoms with Crippen molar-refractivity contribution in [3.63, 3.8) is 0 Å². The highest BCUT2D eigenvalue weighted by molar-refractivity contribution is 5.42. The Morgan fingerprint density at radius 1 is 0.865 bits per heavy atom. The van der Waals surface area contributed by atoms with Gasteiger partial charge in [-0.05, 0) is 79.2 Å². The molecule has 1 heterocycles. The van der Waals surface area contributed by atoms with Crippen molar-refractivity contribution < 1.29 is 32.1 Å². The summed E-state index contributed by atoms with van der Waals surface area (Å²) >= 11 is 0. The van der Waals surface area contributed by atoms with Gasteiger partial charge in [0.1, 0.15) is 23.3 Å². The second-order valence-electron chi connectivity index (χ2n) is 9.33. The summed E-state index contributed by atoms with van der Waals surface area (Å²) in [6.45, 7) is 2.68. The second-order valence-corrected chi connectivity index (χ2v) is 9.33. The topological polar surface area (TPSA) is 41.9 Å². The molecule has 0 aromatic heterocycles. The molecule has 0 bridgehead atoms. The highest BCUT2D eigenvalue weighted by atomic mass is 19.1. The number of piperidine rings is 1. The van der Waals surface area contributed by atoms with E-state index in [2.05, 4.69) is 4.90 Å². The van der Waals surface area contributed by atoms with Crippen LogP contribution in [-0.4, -0.2) is 43.4 Å². The highest BCUT2D eigenvalue weighted by Gasteiger charge is 2.32. The van der Waals surface area contributed by atoms with Crippen LogP contribution in [0.15, 0.2) is 54.6 Å². The average molecular weight is 518 g/mol. The molecular formula is C29H31F4NO3. The molecule has 1 fully saturated rings. The van der Waals surface area contributed by atoms with Crippen molar-refractivity contribution in [1.82, 2.24) is 4.90 Å². The zero-order chi connectivity index (χ0) is 26.4. The number of rotatable bonds is 10. The van der Waals surface area contributed by atoms with Crippen molar-refractivity contribution in [2.24, 2.45) is 5.92 Å². The van der Waals surface area contributed by atoms with Gasteiger partial charge in [-0.1, -0.05) is 18.2 Å². The number of hydrogen-bond acceptors (Lipinski definition) is 4. The van der Waals surface area contributed by atoms with Crippen LogP contribution in [0.2, 0.25) is 0 Å². The van der Waals surface area contributed by atoms with E-state index < -0.39 is 29.2 Å². The first-order valence-electron chi connectivity index (χ1n) is 12.4. The van der Waals surface area contributed by atoms with Crippen LogP contribution in [-0.2, 0) is 6.61 Å². The minimum absolute atomic E-state index is 0.0744. The molecule has 1 aliphatic heterocycles. The summed E-state index contributed by atoms with van der Waals surface area (Å²) in [5.74, 6) is -2.38. The van der Waals surface area contributed by atoms with Crippen molar-refractivity contribution in [1.29, 1.82) is 0 Å². The van der Waals surface area contributed by atoms with Crippen LogP contribution in [0.3, 0.4) is 0 Å². The molecule has 198 valence electrons. The molecule has 0 spiro atoms. The van der Waals surface area contributed by atoms with Crippen molar-refractivity contribution in [3.05, 3.63) is 94.6 Å². The maximum Gasteiger partial charge on any atom is 0.161 e. The van der Waals surface area contributed by atoms with E-state index in [1.54, 1.807) is 25.3 Å². The van der Waals surface area contributed by atoms with Gasteiger partial charge in [-0.25, -0.2) is 17.6 Å². The molecule has 4 nitrogen and oxygen atoms in total. The molecule has 37 heavy (non-hydrogen) atoms. The van der Waals surface area contributed by atoms with Crippen LogP contribution in [0.4, 0.5) is 17.6 Å². The molecule has 0 amide bonds. The van der Waals surface area contributed by atoms with Gasteiger partial charge in [-0.15, -0.1) is 0 Å². The molecule has 3 aromatic carbocycles. The molecule has 1 aliphatic rings. The minimum atomic E-state index is -0.726. The lowest BCUT2D eigenvalue weighted by Gasteiger charge is -2.37. The van der Waals surface area contributed by atoms with Crippen LogP contribution in [0, 0.1) is 29.2 Å². The van der Waals surface area contributed by atoms with Gasteiger partial charge in [0.2, 0.25) is 0 Å². The molecule has 0 atom stereocenters. The van der Waals surface area contributed by atoms with Crippen molar-refractivity contribution in [2.75, 3.05) is 33.4 Å².